The van der Waals surface area contributed by atoms with Crippen molar-refractivity contribution >= 4 is 17.7 Å². The first-order chi connectivity index (χ1) is 13.0. The first-order valence-electron chi connectivity index (χ1n) is 9.27. The van der Waals surface area contributed by atoms with Gasteiger partial charge in [-0.25, -0.2) is 0 Å². The maximum Gasteiger partial charge on any atom is 0.261 e. The summed E-state index contributed by atoms with van der Waals surface area (Å²) in [6.45, 7) is 4.31. The van der Waals surface area contributed by atoms with E-state index < -0.39 is 0 Å². The highest BCUT2D eigenvalue weighted by atomic mass is 16.2. The van der Waals surface area contributed by atoms with Crippen LogP contribution in [0.1, 0.15) is 59.0 Å². The van der Waals surface area contributed by atoms with Crippen molar-refractivity contribution in [2.24, 2.45) is 5.92 Å². The maximum absolute atomic E-state index is 12.5. The molecule has 27 heavy (non-hydrogen) atoms. The van der Waals surface area contributed by atoms with Crippen LogP contribution >= 0.6 is 0 Å². The third kappa shape index (κ3) is 4.25. The molecule has 1 N–H and O–H groups in total. The SMILES string of the molecule is CC(C)C[C@@H](NC(=O)CCN1C(=O)c2ccccc2C1=O)c1ccccc1. The van der Waals surface area contributed by atoms with Crippen LogP contribution in [0.5, 0.6) is 0 Å². The smallest absolute Gasteiger partial charge is 0.261 e. The van der Waals surface area contributed by atoms with Gasteiger partial charge in [-0.3, -0.25) is 19.3 Å². The van der Waals surface area contributed by atoms with Crippen LogP contribution in [0.2, 0.25) is 0 Å². The predicted octanol–water partition coefficient (Wildman–Crippen LogP) is 3.58. The Balaban J connectivity index is 1.62. The summed E-state index contributed by atoms with van der Waals surface area (Å²) in [7, 11) is 0. The van der Waals surface area contributed by atoms with E-state index in [0.717, 1.165) is 16.9 Å². The van der Waals surface area contributed by atoms with Crippen molar-refractivity contribution < 1.29 is 14.4 Å². The molecule has 0 radical (unpaired) electrons. The maximum atomic E-state index is 12.5. The first kappa shape index (κ1) is 18.8. The van der Waals surface area contributed by atoms with Gasteiger partial charge in [0, 0.05) is 13.0 Å². The van der Waals surface area contributed by atoms with Gasteiger partial charge < -0.3 is 5.32 Å². The van der Waals surface area contributed by atoms with Crippen molar-refractivity contribution in [2.45, 2.75) is 32.7 Å². The van der Waals surface area contributed by atoms with E-state index in [9.17, 15) is 14.4 Å². The highest BCUT2D eigenvalue weighted by molar-refractivity contribution is 6.21. The van der Waals surface area contributed by atoms with Gasteiger partial charge in [-0.1, -0.05) is 56.3 Å². The topological polar surface area (TPSA) is 66.5 Å². The highest BCUT2D eigenvalue weighted by Gasteiger charge is 2.35. The van der Waals surface area contributed by atoms with Crippen LogP contribution < -0.4 is 5.32 Å². The van der Waals surface area contributed by atoms with Crippen LogP contribution in [0.15, 0.2) is 54.6 Å². The van der Waals surface area contributed by atoms with Gasteiger partial charge in [0.25, 0.3) is 11.8 Å². The number of nitrogens with zero attached hydrogens (tertiary/aromatic N) is 1. The van der Waals surface area contributed by atoms with Crippen LogP contribution in [0.3, 0.4) is 0 Å². The third-order valence-electron chi connectivity index (χ3n) is 4.68. The Kier molecular flexibility index (Phi) is 5.69. The summed E-state index contributed by atoms with van der Waals surface area (Å²) >= 11 is 0. The Morgan fingerprint density at radius 2 is 1.48 bits per heavy atom. The van der Waals surface area contributed by atoms with Crippen LogP contribution in [0.25, 0.3) is 0 Å². The molecule has 3 amide bonds. The van der Waals surface area contributed by atoms with E-state index in [1.54, 1.807) is 24.3 Å². The molecule has 0 aliphatic carbocycles. The van der Waals surface area contributed by atoms with Gasteiger partial charge in [0.05, 0.1) is 17.2 Å². The molecule has 5 heteroatoms. The number of benzene rings is 2. The average molecular weight is 364 g/mol. The number of carbonyl (C=O) groups is 3. The van der Waals surface area contributed by atoms with E-state index in [0.29, 0.717) is 17.0 Å². The van der Waals surface area contributed by atoms with E-state index in [1.165, 1.54) is 0 Å². The zero-order valence-corrected chi connectivity index (χ0v) is 15.6. The van der Waals surface area contributed by atoms with Crippen molar-refractivity contribution in [3.05, 3.63) is 71.3 Å². The third-order valence-corrected chi connectivity index (χ3v) is 4.68. The van der Waals surface area contributed by atoms with Gasteiger partial charge in [-0.2, -0.15) is 0 Å². The van der Waals surface area contributed by atoms with E-state index in [-0.39, 0.29) is 36.7 Å². The number of hydrogen-bond donors (Lipinski definition) is 1. The second-order valence-electron chi connectivity index (χ2n) is 7.22. The lowest BCUT2D eigenvalue weighted by molar-refractivity contribution is -0.122. The standard InChI is InChI=1S/C22H24N2O3/c1-15(2)14-19(16-8-4-3-5-9-16)23-20(25)12-13-24-21(26)17-10-6-7-11-18(17)22(24)27/h3-11,15,19H,12-14H2,1-2H3,(H,23,25)/t19-/m1/s1. The van der Waals surface area contributed by atoms with Gasteiger partial charge in [-0.15, -0.1) is 0 Å². The molecular formula is C22H24N2O3. The lowest BCUT2D eigenvalue weighted by Gasteiger charge is -2.22. The molecule has 2 aromatic rings. The summed E-state index contributed by atoms with van der Waals surface area (Å²) in [6.07, 6.45) is 0.912. The molecule has 0 unspecified atom stereocenters. The second kappa shape index (κ2) is 8.16. The minimum Gasteiger partial charge on any atom is -0.349 e. The quantitative estimate of drug-likeness (QED) is 0.764. The Morgan fingerprint density at radius 3 is 2.04 bits per heavy atom. The van der Waals surface area contributed by atoms with Crippen LogP contribution in [0, 0.1) is 5.92 Å². The summed E-state index contributed by atoms with van der Waals surface area (Å²) in [5, 5.41) is 3.05. The van der Waals surface area contributed by atoms with E-state index in [4.69, 9.17) is 0 Å². The lowest BCUT2D eigenvalue weighted by atomic mass is 9.97. The number of hydrogen-bond acceptors (Lipinski definition) is 3. The minimum absolute atomic E-state index is 0.0825. The number of carbonyl (C=O) groups excluding carboxylic acids is 3. The molecule has 3 rings (SSSR count). The molecule has 0 saturated carbocycles. The van der Waals surface area contributed by atoms with Crippen molar-refractivity contribution in [1.29, 1.82) is 0 Å². The van der Waals surface area contributed by atoms with Crippen LogP contribution in [-0.2, 0) is 4.79 Å². The van der Waals surface area contributed by atoms with Gasteiger partial charge >= 0.3 is 0 Å². The molecule has 5 nitrogen and oxygen atoms in total. The van der Waals surface area contributed by atoms with Gasteiger partial charge in [0.1, 0.15) is 0 Å². The number of nitrogens with one attached hydrogen (secondary N) is 1. The monoisotopic (exact) mass is 364 g/mol. The Hall–Kier alpha value is -2.95. The molecule has 1 atom stereocenters. The normalized spacial score (nSPS) is 14.4. The Bertz CT molecular complexity index is 811. The van der Waals surface area contributed by atoms with Crippen molar-refractivity contribution in [2.75, 3.05) is 6.54 Å². The summed E-state index contributed by atoms with van der Waals surface area (Å²) in [6, 6.07) is 16.5. The van der Waals surface area contributed by atoms with E-state index in [1.807, 2.05) is 30.3 Å². The van der Waals surface area contributed by atoms with E-state index in [2.05, 4.69) is 19.2 Å². The summed E-state index contributed by atoms with van der Waals surface area (Å²) < 4.78 is 0. The number of amides is 3. The molecule has 0 aromatic heterocycles. The Morgan fingerprint density at radius 1 is 0.926 bits per heavy atom. The summed E-state index contributed by atoms with van der Waals surface area (Å²) in [5.41, 5.74) is 1.87. The molecule has 1 heterocycles. The molecule has 0 bridgehead atoms. The van der Waals surface area contributed by atoms with Gasteiger partial charge in [0.2, 0.25) is 5.91 Å². The van der Waals surface area contributed by atoms with Crippen molar-refractivity contribution in [1.82, 2.24) is 10.2 Å². The summed E-state index contributed by atoms with van der Waals surface area (Å²) in [5.74, 6) is -0.400. The largest absolute Gasteiger partial charge is 0.349 e. The first-order valence-corrected chi connectivity index (χ1v) is 9.27. The minimum atomic E-state index is -0.329. The van der Waals surface area contributed by atoms with Gasteiger partial charge in [0.15, 0.2) is 0 Å². The number of fused-ring (bicyclic) bond motifs is 1. The Labute approximate surface area is 159 Å². The van der Waals surface area contributed by atoms with Crippen molar-refractivity contribution in [3.8, 4) is 0 Å². The average Bonchev–Trinajstić information content (AvgIpc) is 2.91. The van der Waals surface area contributed by atoms with Crippen molar-refractivity contribution in [3.63, 3.8) is 0 Å². The predicted molar refractivity (Wildman–Crippen MR) is 103 cm³/mol. The van der Waals surface area contributed by atoms with Gasteiger partial charge in [-0.05, 0) is 30.0 Å². The van der Waals surface area contributed by atoms with E-state index >= 15 is 0 Å². The molecule has 140 valence electrons. The molecule has 0 saturated heterocycles. The van der Waals surface area contributed by atoms with Crippen LogP contribution in [-0.4, -0.2) is 29.2 Å². The highest BCUT2D eigenvalue weighted by Crippen LogP contribution is 2.23. The molecule has 2 aromatic carbocycles. The molecule has 0 fully saturated rings. The number of imide groups is 1. The second-order valence-corrected chi connectivity index (χ2v) is 7.22. The number of rotatable bonds is 7. The zero-order chi connectivity index (χ0) is 19.4. The summed E-state index contributed by atoms with van der Waals surface area (Å²) in [4.78, 5) is 38.4. The lowest BCUT2D eigenvalue weighted by Crippen LogP contribution is -2.36. The molecule has 1 aliphatic heterocycles. The fourth-order valence-corrected chi connectivity index (χ4v) is 3.36. The fraction of sp³-hybridized carbons (Fsp3) is 0.318. The van der Waals surface area contributed by atoms with Crippen LogP contribution in [0.4, 0.5) is 0 Å². The zero-order valence-electron chi connectivity index (χ0n) is 15.6. The molecule has 0 spiro atoms. The molecular weight excluding hydrogens is 340 g/mol. The fourth-order valence-electron chi connectivity index (χ4n) is 3.36. The molecule has 1 aliphatic rings.